The molecule has 0 radical (unpaired) electrons. The van der Waals surface area contributed by atoms with Crippen LogP contribution in [-0.4, -0.2) is 47.9 Å². The van der Waals surface area contributed by atoms with Crippen LogP contribution in [0.5, 0.6) is 0 Å². The maximum absolute atomic E-state index is 13.4. The fraction of sp³-hybridized carbons (Fsp3) is 0.360. The Morgan fingerprint density at radius 1 is 1.09 bits per heavy atom. The van der Waals surface area contributed by atoms with Crippen LogP contribution in [0.2, 0.25) is 0 Å². The van der Waals surface area contributed by atoms with Gasteiger partial charge in [-0.2, -0.15) is 0 Å². The molecule has 0 aliphatic carbocycles. The number of thioether (sulfide) groups is 1. The number of sulfonamides is 1. The number of nitrogens with zero attached hydrogens (tertiary/aromatic N) is 3. The molecule has 10 heteroatoms. The van der Waals surface area contributed by atoms with Crippen molar-refractivity contribution in [2.75, 3.05) is 24.1 Å². The highest BCUT2D eigenvalue weighted by molar-refractivity contribution is 7.98. The molecule has 0 bridgehead atoms. The Labute approximate surface area is 210 Å². The third-order valence-corrected chi connectivity index (χ3v) is 8.72. The zero-order valence-electron chi connectivity index (χ0n) is 20.3. The van der Waals surface area contributed by atoms with Crippen LogP contribution < -0.4 is 10.3 Å². The molecule has 2 heterocycles. The Kier molecular flexibility index (Phi) is 7.14. The lowest BCUT2D eigenvalue weighted by molar-refractivity contribution is 0.0693. The maximum atomic E-state index is 13.4. The fourth-order valence-electron chi connectivity index (χ4n) is 4.28. The van der Waals surface area contributed by atoms with E-state index < -0.39 is 15.6 Å². The number of hydrogen-bond acceptors (Lipinski definition) is 5. The molecule has 0 atom stereocenters. The Balaban J connectivity index is 1.69. The van der Waals surface area contributed by atoms with Gasteiger partial charge in [-0.1, -0.05) is 25.1 Å². The first-order valence-electron chi connectivity index (χ1n) is 11.5. The van der Waals surface area contributed by atoms with Crippen molar-refractivity contribution in [1.29, 1.82) is 0 Å². The second-order valence-electron chi connectivity index (χ2n) is 8.88. The van der Waals surface area contributed by atoms with Crippen molar-refractivity contribution in [3.8, 4) is 5.69 Å². The van der Waals surface area contributed by atoms with E-state index in [1.165, 1.54) is 28.6 Å². The summed E-state index contributed by atoms with van der Waals surface area (Å²) in [5.74, 6) is 0.407. The normalized spacial score (nSPS) is 14.8. The lowest BCUT2D eigenvalue weighted by Gasteiger charge is -2.30. The van der Waals surface area contributed by atoms with Crippen molar-refractivity contribution in [3.05, 3.63) is 70.1 Å². The van der Waals surface area contributed by atoms with Crippen LogP contribution in [-0.2, 0) is 17.1 Å². The molecule has 0 spiro atoms. The number of para-hydroxylation sites is 1. The monoisotopic (exact) mass is 514 g/mol. The molecule has 2 aromatic carbocycles. The molecule has 0 saturated carbocycles. The summed E-state index contributed by atoms with van der Waals surface area (Å²) in [5, 5.41) is 0. The van der Waals surface area contributed by atoms with Gasteiger partial charge in [0.05, 0.1) is 21.8 Å². The molecule has 1 N–H and O–H groups in total. The number of likely N-dealkylation sites (tertiary alicyclic amines) is 1. The molecular weight excluding hydrogens is 484 g/mol. The van der Waals surface area contributed by atoms with Gasteiger partial charge in [0, 0.05) is 25.0 Å². The number of carbonyl (C=O) groups excluding carboxylic acids is 1. The van der Waals surface area contributed by atoms with Crippen molar-refractivity contribution in [2.24, 2.45) is 13.0 Å². The minimum atomic E-state index is -4.12. The van der Waals surface area contributed by atoms with Gasteiger partial charge in [-0.15, -0.1) is 11.8 Å². The van der Waals surface area contributed by atoms with Gasteiger partial charge in [0.2, 0.25) is 0 Å². The van der Waals surface area contributed by atoms with E-state index in [-0.39, 0.29) is 16.5 Å². The second kappa shape index (κ2) is 9.94. The quantitative estimate of drug-likeness (QED) is 0.504. The number of aromatic nitrogens is 2. The fourth-order valence-corrected chi connectivity index (χ4v) is 5.99. The molecular formula is C25H30N4O4S2. The first kappa shape index (κ1) is 25.1. The topological polar surface area (TPSA) is 93.4 Å². The van der Waals surface area contributed by atoms with Crippen molar-refractivity contribution < 1.29 is 13.2 Å². The zero-order valence-corrected chi connectivity index (χ0v) is 21.9. The molecule has 4 rings (SSSR count). The molecule has 8 nitrogen and oxygen atoms in total. The summed E-state index contributed by atoms with van der Waals surface area (Å²) >= 11 is 1.40. The number of anilines is 1. The van der Waals surface area contributed by atoms with Crippen molar-refractivity contribution in [1.82, 2.24) is 14.3 Å². The third kappa shape index (κ3) is 4.90. The summed E-state index contributed by atoms with van der Waals surface area (Å²) in [4.78, 5) is 28.9. The predicted octanol–water partition coefficient (Wildman–Crippen LogP) is 3.88. The van der Waals surface area contributed by atoms with Gasteiger partial charge in [-0.25, -0.2) is 13.1 Å². The van der Waals surface area contributed by atoms with Gasteiger partial charge in [0.25, 0.3) is 21.5 Å². The highest BCUT2D eigenvalue weighted by Crippen LogP contribution is 2.28. The average Bonchev–Trinajstić information content (AvgIpc) is 3.06. The molecule has 1 amide bonds. The molecule has 1 aromatic heterocycles. The zero-order chi connectivity index (χ0) is 25.3. The van der Waals surface area contributed by atoms with Crippen LogP contribution in [0.3, 0.4) is 0 Å². The summed E-state index contributed by atoms with van der Waals surface area (Å²) < 4.78 is 32.2. The highest BCUT2D eigenvalue weighted by Gasteiger charge is 2.27. The molecule has 186 valence electrons. The van der Waals surface area contributed by atoms with Gasteiger partial charge >= 0.3 is 0 Å². The van der Waals surface area contributed by atoms with Gasteiger partial charge in [-0.3, -0.25) is 19.0 Å². The lowest BCUT2D eigenvalue weighted by atomic mass is 9.98. The molecule has 1 aliphatic heterocycles. The Hall–Kier alpha value is -2.98. The van der Waals surface area contributed by atoms with Crippen molar-refractivity contribution >= 4 is 33.4 Å². The average molecular weight is 515 g/mol. The van der Waals surface area contributed by atoms with Crippen LogP contribution in [0.25, 0.3) is 5.69 Å². The minimum absolute atomic E-state index is 0.0248. The van der Waals surface area contributed by atoms with Crippen LogP contribution in [0, 0.1) is 12.8 Å². The first-order valence-corrected chi connectivity index (χ1v) is 14.2. The summed E-state index contributed by atoms with van der Waals surface area (Å²) in [6.07, 6.45) is 3.72. The Bertz CT molecular complexity index is 1400. The molecule has 1 saturated heterocycles. The Morgan fingerprint density at radius 3 is 2.37 bits per heavy atom. The number of hydrogen-bond donors (Lipinski definition) is 1. The maximum Gasteiger partial charge on any atom is 0.296 e. The molecule has 1 fully saturated rings. The molecule has 0 unspecified atom stereocenters. The largest absolute Gasteiger partial charge is 0.339 e. The van der Waals surface area contributed by atoms with Gasteiger partial charge < -0.3 is 4.90 Å². The SMILES string of the molecule is CSc1ccc(S(=O)(=O)Nc2c(C)n(C)n(-c3ccccc3)c2=O)cc1C(=O)N1CCC(C)CC1. The molecule has 1 aliphatic rings. The van der Waals surface area contributed by atoms with Crippen LogP contribution >= 0.6 is 11.8 Å². The minimum Gasteiger partial charge on any atom is -0.339 e. The standard InChI is InChI=1S/C25H30N4O4S2/c1-17-12-14-28(15-13-17)24(30)21-16-20(10-11-22(21)34-4)35(32,33)26-23-18(2)27(3)29(25(23)31)19-8-6-5-7-9-19/h5-11,16-17,26H,12-15H2,1-4H3. The van der Waals surface area contributed by atoms with E-state index in [0.29, 0.717) is 36.0 Å². The highest BCUT2D eigenvalue weighted by atomic mass is 32.2. The number of rotatable bonds is 6. The number of amides is 1. The Morgan fingerprint density at radius 2 is 1.74 bits per heavy atom. The molecule has 3 aromatic rings. The van der Waals surface area contributed by atoms with E-state index in [1.807, 2.05) is 24.5 Å². The predicted molar refractivity (Wildman–Crippen MR) is 139 cm³/mol. The third-order valence-electron chi connectivity index (χ3n) is 6.57. The van der Waals surface area contributed by atoms with Gasteiger partial charge in [-0.05, 0) is 62.3 Å². The smallest absolute Gasteiger partial charge is 0.296 e. The summed E-state index contributed by atoms with van der Waals surface area (Å²) in [5.41, 5.74) is 0.965. The second-order valence-corrected chi connectivity index (χ2v) is 11.4. The number of carbonyl (C=O) groups is 1. The van der Waals surface area contributed by atoms with Crippen molar-refractivity contribution in [3.63, 3.8) is 0 Å². The van der Waals surface area contributed by atoms with Crippen LogP contribution in [0.15, 0.2) is 63.1 Å². The number of piperidine rings is 1. The first-order chi connectivity index (χ1) is 16.6. The molecule has 35 heavy (non-hydrogen) atoms. The van der Waals surface area contributed by atoms with Crippen molar-refractivity contribution in [2.45, 2.75) is 36.5 Å². The number of nitrogens with one attached hydrogen (secondary N) is 1. The van der Waals surface area contributed by atoms with E-state index in [4.69, 9.17) is 0 Å². The van der Waals surface area contributed by atoms with Gasteiger partial charge in [0.15, 0.2) is 0 Å². The summed E-state index contributed by atoms with van der Waals surface area (Å²) in [7, 11) is -2.42. The van der Waals surface area contributed by atoms with E-state index in [2.05, 4.69) is 11.6 Å². The van der Waals surface area contributed by atoms with E-state index in [1.54, 1.807) is 41.8 Å². The number of benzene rings is 2. The van der Waals surface area contributed by atoms with E-state index in [9.17, 15) is 18.0 Å². The van der Waals surface area contributed by atoms with Crippen LogP contribution in [0.1, 0.15) is 35.8 Å². The van der Waals surface area contributed by atoms with Gasteiger partial charge in [0.1, 0.15) is 5.69 Å². The van der Waals surface area contributed by atoms with E-state index in [0.717, 1.165) is 17.7 Å². The summed E-state index contributed by atoms with van der Waals surface area (Å²) in [6, 6.07) is 13.6. The van der Waals surface area contributed by atoms with E-state index >= 15 is 0 Å². The lowest BCUT2D eigenvalue weighted by Crippen LogP contribution is -2.38. The summed E-state index contributed by atoms with van der Waals surface area (Å²) in [6.45, 7) is 5.17. The van der Waals surface area contributed by atoms with Crippen LogP contribution in [0.4, 0.5) is 5.69 Å².